The van der Waals surface area contributed by atoms with Crippen molar-refractivity contribution in [1.29, 1.82) is 0 Å². The Morgan fingerprint density at radius 1 is 1.31 bits per heavy atom. The molecular formula is C25H27N3O2S2. The Morgan fingerprint density at radius 2 is 2.09 bits per heavy atom. The fourth-order valence-electron chi connectivity index (χ4n) is 4.21. The van der Waals surface area contributed by atoms with Crippen LogP contribution in [0.4, 0.5) is 0 Å². The Bertz CT molecular complexity index is 1210. The van der Waals surface area contributed by atoms with Gasteiger partial charge in [-0.05, 0) is 66.0 Å². The second-order valence-corrected chi connectivity index (χ2v) is 10.6. The number of hydrogen-bond donors (Lipinski definition) is 2. The van der Waals surface area contributed by atoms with Crippen LogP contribution in [-0.4, -0.2) is 32.5 Å². The fraction of sp³-hybridized carbons (Fsp3) is 0.240. The predicted molar refractivity (Wildman–Crippen MR) is 134 cm³/mol. The van der Waals surface area contributed by atoms with Crippen molar-refractivity contribution in [2.24, 2.45) is 5.73 Å². The first-order chi connectivity index (χ1) is 15.5. The number of nitrogens with one attached hydrogen (secondary N) is 1. The van der Waals surface area contributed by atoms with Gasteiger partial charge in [0.05, 0.1) is 11.1 Å². The van der Waals surface area contributed by atoms with Gasteiger partial charge in [-0.2, -0.15) is 0 Å². The van der Waals surface area contributed by atoms with Crippen molar-refractivity contribution in [2.45, 2.75) is 29.9 Å². The molecule has 1 aromatic carbocycles. The molecule has 1 amide bonds. The van der Waals surface area contributed by atoms with E-state index in [1.807, 2.05) is 54.9 Å². The van der Waals surface area contributed by atoms with E-state index >= 15 is 0 Å². The number of carbonyl (C=O) groups excluding carboxylic acids is 1. The Kier molecular flexibility index (Phi) is 6.89. The van der Waals surface area contributed by atoms with Gasteiger partial charge < -0.3 is 10.7 Å². The van der Waals surface area contributed by atoms with Gasteiger partial charge in [-0.25, -0.2) is 8.51 Å². The van der Waals surface area contributed by atoms with Crippen LogP contribution in [-0.2, 0) is 11.0 Å². The van der Waals surface area contributed by atoms with E-state index in [-0.39, 0.29) is 0 Å². The molecule has 4 rings (SSSR count). The third-order valence-electron chi connectivity index (χ3n) is 5.93. The predicted octanol–water partition coefficient (Wildman–Crippen LogP) is 5.38. The number of allylic oxidation sites excluding steroid dienone is 5. The molecule has 0 spiro atoms. The number of hydrogen-bond acceptors (Lipinski definition) is 3. The van der Waals surface area contributed by atoms with E-state index in [1.54, 1.807) is 6.08 Å². The zero-order chi connectivity index (χ0) is 22.7. The van der Waals surface area contributed by atoms with Crippen molar-refractivity contribution in [3.63, 3.8) is 0 Å². The van der Waals surface area contributed by atoms with Gasteiger partial charge in [0.25, 0.3) is 5.91 Å². The lowest BCUT2D eigenvalue weighted by Crippen LogP contribution is -2.34. The van der Waals surface area contributed by atoms with Gasteiger partial charge in [-0.1, -0.05) is 36.9 Å². The van der Waals surface area contributed by atoms with Crippen molar-refractivity contribution in [3.8, 4) is 0 Å². The van der Waals surface area contributed by atoms with Gasteiger partial charge in [-0.15, -0.1) is 11.3 Å². The fourth-order valence-corrected chi connectivity index (χ4v) is 6.46. The summed E-state index contributed by atoms with van der Waals surface area (Å²) in [5.74, 6) is -0.109. The van der Waals surface area contributed by atoms with Gasteiger partial charge in [0.2, 0.25) is 0 Å². The Morgan fingerprint density at radius 3 is 2.75 bits per heavy atom. The highest BCUT2D eigenvalue weighted by atomic mass is 32.2. The second kappa shape index (κ2) is 9.81. The number of fused-ring (bicyclic) bond motifs is 1. The number of nitrogens with zero attached hydrogens (tertiary/aromatic N) is 1. The highest BCUT2D eigenvalue weighted by Crippen LogP contribution is 2.36. The third-order valence-corrected chi connectivity index (χ3v) is 8.62. The van der Waals surface area contributed by atoms with Crippen LogP contribution < -0.4 is 5.73 Å². The average molecular weight is 466 g/mol. The molecule has 5 nitrogen and oxygen atoms in total. The highest BCUT2D eigenvalue weighted by Gasteiger charge is 2.27. The summed E-state index contributed by atoms with van der Waals surface area (Å²) in [6, 6.07) is 7.86. The minimum absolute atomic E-state index is 0.334. The van der Waals surface area contributed by atoms with Crippen LogP contribution in [0.15, 0.2) is 70.9 Å². The zero-order valence-electron chi connectivity index (χ0n) is 18.0. The number of piperidine rings is 1. The number of H-pyrrole nitrogens is 1. The number of aromatic nitrogens is 1. The van der Waals surface area contributed by atoms with E-state index in [0.717, 1.165) is 52.2 Å². The SMILES string of the molecule is C=C/C=C\C=C(/C)c1cc(C(N)=O)c2[nH]cc(C3CCN(S(=O)c4cccs4)CC3)c2c1. The summed E-state index contributed by atoms with van der Waals surface area (Å²) in [4.78, 5) is 15.5. The molecule has 1 aliphatic heterocycles. The van der Waals surface area contributed by atoms with Crippen LogP contribution in [0.25, 0.3) is 16.5 Å². The molecule has 1 unspecified atom stereocenters. The maximum absolute atomic E-state index is 12.8. The maximum Gasteiger partial charge on any atom is 0.250 e. The van der Waals surface area contributed by atoms with Gasteiger partial charge in [-0.3, -0.25) is 4.79 Å². The van der Waals surface area contributed by atoms with Crippen LogP contribution in [0.2, 0.25) is 0 Å². The summed E-state index contributed by atoms with van der Waals surface area (Å²) >= 11 is 1.53. The summed E-state index contributed by atoms with van der Waals surface area (Å²) in [6.07, 6.45) is 11.4. The molecule has 0 bridgehead atoms. The largest absolute Gasteiger partial charge is 0.366 e. The maximum atomic E-state index is 12.8. The van der Waals surface area contributed by atoms with Crippen LogP contribution in [0, 0.1) is 0 Å². The van der Waals surface area contributed by atoms with Gasteiger partial charge in [0.15, 0.2) is 0 Å². The van der Waals surface area contributed by atoms with Gasteiger partial charge in [0.1, 0.15) is 15.2 Å². The first kappa shape index (κ1) is 22.5. The van der Waals surface area contributed by atoms with Gasteiger partial charge in [0, 0.05) is 24.7 Å². The minimum Gasteiger partial charge on any atom is -0.366 e. The molecule has 32 heavy (non-hydrogen) atoms. The van der Waals surface area contributed by atoms with Crippen molar-refractivity contribution >= 4 is 44.7 Å². The van der Waals surface area contributed by atoms with E-state index in [4.69, 9.17) is 5.73 Å². The van der Waals surface area contributed by atoms with E-state index in [9.17, 15) is 9.00 Å². The Labute approximate surface area is 194 Å². The highest BCUT2D eigenvalue weighted by molar-refractivity contribution is 7.85. The Hall–Kier alpha value is -2.74. The average Bonchev–Trinajstić information content (AvgIpc) is 3.48. The molecule has 2 aromatic heterocycles. The molecule has 3 aromatic rings. The van der Waals surface area contributed by atoms with E-state index in [2.05, 4.69) is 21.9 Å². The standard InChI is InChI=1S/C25H27N3O2S2/c1-3-4-5-7-17(2)19-14-20-22(16-27-24(20)21(15-19)25(26)29)18-9-11-28(12-10-18)32(30)23-8-6-13-31-23/h3-8,13-16,18,27H,1,9-12H2,2H3,(H2,26,29)/b5-4-,17-7+. The summed E-state index contributed by atoms with van der Waals surface area (Å²) in [5, 5.41) is 3.00. The monoisotopic (exact) mass is 465 g/mol. The molecule has 1 fully saturated rings. The van der Waals surface area contributed by atoms with Crippen LogP contribution in [0.1, 0.15) is 47.2 Å². The molecule has 1 atom stereocenters. The quantitative estimate of drug-likeness (QED) is 0.460. The van der Waals surface area contributed by atoms with Crippen molar-refractivity contribution in [2.75, 3.05) is 13.1 Å². The van der Waals surface area contributed by atoms with E-state index < -0.39 is 16.9 Å². The number of carbonyl (C=O) groups is 1. The second-order valence-electron chi connectivity index (χ2n) is 7.91. The lowest BCUT2D eigenvalue weighted by atomic mass is 9.88. The summed E-state index contributed by atoms with van der Waals surface area (Å²) in [5.41, 5.74) is 10.2. The first-order valence-corrected chi connectivity index (χ1v) is 12.6. The topological polar surface area (TPSA) is 79.2 Å². The molecule has 7 heteroatoms. The minimum atomic E-state index is -1.09. The summed E-state index contributed by atoms with van der Waals surface area (Å²) < 4.78 is 15.7. The number of thiophene rings is 1. The molecule has 1 aliphatic rings. The molecule has 1 saturated heterocycles. The molecule has 3 heterocycles. The van der Waals surface area contributed by atoms with Crippen molar-refractivity contribution in [1.82, 2.24) is 9.29 Å². The third kappa shape index (κ3) is 4.55. The zero-order valence-corrected chi connectivity index (χ0v) is 19.7. The van der Waals surface area contributed by atoms with Crippen LogP contribution in [0.3, 0.4) is 0 Å². The van der Waals surface area contributed by atoms with E-state index in [1.165, 1.54) is 16.9 Å². The summed E-state index contributed by atoms with van der Waals surface area (Å²) in [7, 11) is -1.09. The molecular weight excluding hydrogens is 438 g/mol. The first-order valence-electron chi connectivity index (χ1n) is 10.6. The molecule has 0 saturated carbocycles. The van der Waals surface area contributed by atoms with Crippen molar-refractivity contribution in [3.05, 3.63) is 83.4 Å². The number of rotatable bonds is 7. The molecule has 166 valence electrons. The lowest BCUT2D eigenvalue weighted by Gasteiger charge is -2.30. The number of benzene rings is 1. The molecule has 3 N–H and O–H groups in total. The lowest BCUT2D eigenvalue weighted by molar-refractivity contribution is 0.100. The van der Waals surface area contributed by atoms with Gasteiger partial charge >= 0.3 is 0 Å². The van der Waals surface area contributed by atoms with Crippen LogP contribution >= 0.6 is 11.3 Å². The molecule has 0 radical (unpaired) electrons. The number of primary amides is 1. The normalized spacial score (nSPS) is 17.2. The molecule has 0 aliphatic carbocycles. The number of nitrogens with two attached hydrogens (primary N) is 1. The smallest absolute Gasteiger partial charge is 0.250 e. The number of amides is 1. The number of aromatic amines is 1. The van der Waals surface area contributed by atoms with Crippen LogP contribution in [0.5, 0.6) is 0 Å². The summed E-state index contributed by atoms with van der Waals surface area (Å²) in [6.45, 7) is 7.26. The van der Waals surface area contributed by atoms with Crippen molar-refractivity contribution < 1.29 is 9.00 Å². The Balaban J connectivity index is 1.63. The van der Waals surface area contributed by atoms with E-state index in [0.29, 0.717) is 11.5 Å².